The number of ether oxygens (including phenoxy) is 4. The molecule has 15 nitrogen and oxygen atoms in total. The van der Waals surface area contributed by atoms with Crippen molar-refractivity contribution >= 4 is 27.8 Å². The zero-order valence-electron chi connectivity index (χ0n) is 29.2. The molecule has 6 rings (SSSR count). The average Bonchev–Trinajstić information content (AvgIpc) is 3.38. The highest BCUT2D eigenvalue weighted by Crippen LogP contribution is 2.52. The summed E-state index contributed by atoms with van der Waals surface area (Å²) in [7, 11) is -0.248. The molecule has 1 atom stereocenters. The molecule has 1 unspecified atom stereocenters. The standard InChI is InChI=1S/C35H39FN6O9S/c1-5-49-32-26(7-6-12-38-32)35(50-34(44)51-41-17-15-40(16-18-41)24-10-13-39(2)14-11-24)27-19-23(22-37)28(36)21-29(27)42(33(35)43)52(45,46)31-9-8-25(47-3)20-30(31)48-4/h6-9,12,19-21,24H,5,10-11,13-18H2,1-4H3. The Balaban J connectivity index is 1.43. The van der Waals surface area contributed by atoms with Gasteiger partial charge < -0.3 is 28.7 Å². The Morgan fingerprint density at radius 3 is 2.42 bits per heavy atom. The lowest BCUT2D eigenvalue weighted by Gasteiger charge is -2.41. The molecule has 0 spiro atoms. The quantitative estimate of drug-likeness (QED) is 0.279. The third kappa shape index (κ3) is 6.58. The van der Waals surface area contributed by atoms with Gasteiger partial charge in [0.25, 0.3) is 21.5 Å². The molecule has 0 aliphatic carbocycles. The molecule has 0 radical (unpaired) electrons. The van der Waals surface area contributed by atoms with Crippen LogP contribution < -0.4 is 18.5 Å². The maximum absolute atomic E-state index is 15.4. The molecule has 0 bridgehead atoms. The number of piperidine rings is 1. The van der Waals surface area contributed by atoms with E-state index in [2.05, 4.69) is 21.8 Å². The van der Waals surface area contributed by atoms with Gasteiger partial charge in [0, 0.05) is 56.1 Å². The Morgan fingerprint density at radius 2 is 1.77 bits per heavy atom. The summed E-state index contributed by atoms with van der Waals surface area (Å²) in [4.78, 5) is 42.9. The van der Waals surface area contributed by atoms with E-state index in [1.165, 1.54) is 49.7 Å². The second kappa shape index (κ2) is 14.9. The van der Waals surface area contributed by atoms with Crippen LogP contribution in [0.15, 0.2) is 53.6 Å². The first-order valence-electron chi connectivity index (χ1n) is 16.7. The summed E-state index contributed by atoms with van der Waals surface area (Å²) in [6.07, 6.45) is 2.09. The van der Waals surface area contributed by atoms with Crippen molar-refractivity contribution in [2.45, 2.75) is 36.3 Å². The molecule has 3 aliphatic heterocycles. The predicted molar refractivity (Wildman–Crippen MR) is 183 cm³/mol. The van der Waals surface area contributed by atoms with Crippen molar-refractivity contribution in [2.75, 3.05) is 71.4 Å². The molecular weight excluding hydrogens is 699 g/mol. The van der Waals surface area contributed by atoms with Crippen LogP contribution in [0.3, 0.4) is 0 Å². The maximum atomic E-state index is 15.4. The number of sulfonamides is 1. The topological polar surface area (TPSA) is 164 Å². The molecule has 4 heterocycles. The number of benzene rings is 2. The first-order chi connectivity index (χ1) is 25.0. The van der Waals surface area contributed by atoms with E-state index in [0.717, 1.165) is 44.1 Å². The number of likely N-dealkylation sites (tertiary alicyclic amines) is 1. The fraction of sp³-hybridized carbons (Fsp3) is 0.429. The molecule has 0 N–H and O–H groups in total. The number of hydrogen-bond donors (Lipinski definition) is 0. The van der Waals surface area contributed by atoms with Crippen LogP contribution in [0.4, 0.5) is 14.9 Å². The summed E-state index contributed by atoms with van der Waals surface area (Å²) in [6, 6.07) is 10.4. The van der Waals surface area contributed by atoms with Crippen LogP contribution in [-0.4, -0.2) is 114 Å². The summed E-state index contributed by atoms with van der Waals surface area (Å²) < 4.78 is 67.1. The van der Waals surface area contributed by atoms with Gasteiger partial charge in [0.05, 0.1) is 37.6 Å². The SMILES string of the molecule is CCOc1ncccc1C1(OC(=O)ON2CCN(C3CCN(C)CC3)CC2)C(=O)N(S(=O)(=O)c2ccc(OC)cc2OC)c2cc(F)c(C#N)cc21. The van der Waals surface area contributed by atoms with Gasteiger partial charge in [0.2, 0.25) is 5.88 Å². The summed E-state index contributed by atoms with van der Waals surface area (Å²) >= 11 is 0. The number of halogens is 1. The molecule has 17 heteroatoms. The number of aromatic nitrogens is 1. The van der Waals surface area contributed by atoms with E-state index < -0.39 is 49.7 Å². The second-order valence-electron chi connectivity index (χ2n) is 12.5. The predicted octanol–water partition coefficient (Wildman–Crippen LogP) is 3.27. The number of hydroxylamine groups is 2. The van der Waals surface area contributed by atoms with Crippen molar-refractivity contribution in [3.8, 4) is 23.4 Å². The fourth-order valence-corrected chi connectivity index (χ4v) is 8.47. The van der Waals surface area contributed by atoms with Crippen LogP contribution in [-0.2, 0) is 30.0 Å². The van der Waals surface area contributed by atoms with E-state index >= 15 is 4.39 Å². The highest BCUT2D eigenvalue weighted by Gasteiger charge is 2.62. The number of rotatable bonds is 10. The molecule has 3 aromatic rings. The summed E-state index contributed by atoms with van der Waals surface area (Å²) in [6.45, 7) is 5.64. The van der Waals surface area contributed by atoms with Gasteiger partial charge in [-0.2, -0.15) is 9.57 Å². The third-order valence-electron chi connectivity index (χ3n) is 9.53. The molecule has 52 heavy (non-hydrogen) atoms. The van der Waals surface area contributed by atoms with Gasteiger partial charge in [-0.15, -0.1) is 5.06 Å². The van der Waals surface area contributed by atoms with Gasteiger partial charge in [-0.3, -0.25) is 9.69 Å². The number of pyridine rings is 1. The van der Waals surface area contributed by atoms with E-state index in [4.69, 9.17) is 23.8 Å². The van der Waals surface area contributed by atoms with Gasteiger partial charge >= 0.3 is 6.16 Å². The van der Waals surface area contributed by atoms with Crippen LogP contribution >= 0.6 is 0 Å². The van der Waals surface area contributed by atoms with E-state index in [1.807, 2.05) is 0 Å². The lowest BCUT2D eigenvalue weighted by atomic mass is 9.86. The lowest BCUT2D eigenvalue weighted by molar-refractivity contribution is -0.168. The highest BCUT2D eigenvalue weighted by atomic mass is 32.2. The Bertz CT molecular complexity index is 1990. The largest absolute Gasteiger partial charge is 0.529 e. The average molecular weight is 739 g/mol. The number of anilines is 1. The number of fused-ring (bicyclic) bond motifs is 1. The second-order valence-corrected chi connectivity index (χ2v) is 14.2. The van der Waals surface area contributed by atoms with Gasteiger partial charge in [-0.25, -0.2) is 22.6 Å². The van der Waals surface area contributed by atoms with E-state index in [9.17, 15) is 23.3 Å². The summed E-state index contributed by atoms with van der Waals surface area (Å²) in [5, 5.41) is 11.2. The number of carbonyl (C=O) groups excluding carboxylic acids is 2. The zero-order valence-corrected chi connectivity index (χ0v) is 30.0. The summed E-state index contributed by atoms with van der Waals surface area (Å²) in [5.41, 5.74) is -4.23. The molecule has 1 amide bonds. The van der Waals surface area contributed by atoms with Crippen LogP contribution in [0.5, 0.6) is 17.4 Å². The Hall–Kier alpha value is -5.02. The normalized spacial score (nSPS) is 20.2. The fourth-order valence-electron chi connectivity index (χ4n) is 6.88. The van der Waals surface area contributed by atoms with E-state index in [1.54, 1.807) is 13.0 Å². The van der Waals surface area contributed by atoms with E-state index in [0.29, 0.717) is 36.5 Å². The number of nitriles is 1. The molecular formula is C35H39FN6O9S. The number of methoxy groups -OCH3 is 2. The zero-order chi connectivity index (χ0) is 37.2. The van der Waals surface area contributed by atoms with Crippen LogP contribution in [0.25, 0.3) is 0 Å². The van der Waals surface area contributed by atoms with Crippen LogP contribution in [0.2, 0.25) is 0 Å². The molecule has 2 saturated heterocycles. The van der Waals surface area contributed by atoms with Gasteiger partial charge in [-0.1, -0.05) is 0 Å². The minimum absolute atomic E-state index is 0.0606. The van der Waals surface area contributed by atoms with E-state index in [-0.39, 0.29) is 35.1 Å². The molecule has 3 aliphatic rings. The third-order valence-corrected chi connectivity index (χ3v) is 11.3. The molecule has 2 fully saturated rings. The minimum Gasteiger partial charge on any atom is -0.497 e. The first-order valence-corrected chi connectivity index (χ1v) is 18.1. The molecule has 0 saturated carbocycles. The number of nitrogens with zero attached hydrogens (tertiary/aromatic N) is 6. The maximum Gasteiger partial charge on any atom is 0.529 e. The van der Waals surface area contributed by atoms with Gasteiger partial charge in [0.15, 0.2) is 0 Å². The lowest BCUT2D eigenvalue weighted by Crippen LogP contribution is -2.53. The Morgan fingerprint density at radius 1 is 1.04 bits per heavy atom. The molecule has 2 aromatic carbocycles. The van der Waals surface area contributed by atoms with Crippen LogP contribution in [0, 0.1) is 17.1 Å². The Kier molecular flexibility index (Phi) is 10.5. The summed E-state index contributed by atoms with van der Waals surface area (Å²) in [5.74, 6) is -2.55. The minimum atomic E-state index is -4.95. The number of piperazine rings is 1. The monoisotopic (exact) mass is 738 g/mol. The van der Waals surface area contributed by atoms with Crippen molar-refractivity contribution in [3.63, 3.8) is 0 Å². The highest BCUT2D eigenvalue weighted by molar-refractivity contribution is 7.93. The number of amides is 1. The van der Waals surface area contributed by atoms with Crippen molar-refractivity contribution in [1.82, 2.24) is 19.8 Å². The molecule has 276 valence electrons. The molecule has 1 aromatic heterocycles. The van der Waals surface area contributed by atoms with Crippen molar-refractivity contribution in [3.05, 3.63) is 71.2 Å². The first kappa shape index (κ1) is 36.8. The van der Waals surface area contributed by atoms with Crippen molar-refractivity contribution in [1.29, 1.82) is 5.26 Å². The Labute approximate surface area is 301 Å². The number of carbonyl (C=O) groups is 2. The van der Waals surface area contributed by atoms with Crippen molar-refractivity contribution in [2.24, 2.45) is 0 Å². The smallest absolute Gasteiger partial charge is 0.497 e. The van der Waals surface area contributed by atoms with Crippen LogP contribution in [0.1, 0.15) is 36.5 Å². The van der Waals surface area contributed by atoms with Crippen molar-refractivity contribution < 1.29 is 46.2 Å². The van der Waals surface area contributed by atoms with Gasteiger partial charge in [0.1, 0.15) is 28.3 Å². The van der Waals surface area contributed by atoms with Gasteiger partial charge in [-0.05, 0) is 70.2 Å². The number of hydrogen-bond acceptors (Lipinski definition) is 14.